The fourth-order valence-corrected chi connectivity index (χ4v) is 2.29. The summed E-state index contributed by atoms with van der Waals surface area (Å²) >= 11 is 0. The average Bonchev–Trinajstić information content (AvgIpc) is 2.47. The van der Waals surface area contributed by atoms with Crippen LogP contribution >= 0.6 is 12.4 Å². The zero-order valence-corrected chi connectivity index (χ0v) is 12.6. The third kappa shape index (κ3) is 3.79. The van der Waals surface area contributed by atoms with Gasteiger partial charge in [-0.2, -0.15) is 0 Å². The average molecular weight is 343 g/mol. The summed E-state index contributed by atoms with van der Waals surface area (Å²) in [5.74, 6) is -2.10. The highest BCUT2D eigenvalue weighted by molar-refractivity contribution is 5.85. The maximum absolute atomic E-state index is 11.4. The van der Waals surface area contributed by atoms with E-state index in [0.717, 1.165) is 6.07 Å². The Morgan fingerprint density at radius 2 is 1.91 bits per heavy atom. The van der Waals surface area contributed by atoms with E-state index in [9.17, 15) is 30.2 Å². The summed E-state index contributed by atoms with van der Waals surface area (Å²) in [7, 11) is 0. The molecule has 0 aliphatic carbocycles. The minimum absolute atomic E-state index is 0. The number of aliphatic hydroxyl groups excluding tert-OH is 1. The van der Waals surface area contributed by atoms with Gasteiger partial charge in [-0.15, -0.1) is 12.4 Å². The molecule has 8 nitrogen and oxygen atoms in total. The number of hydrogen-bond donors (Lipinski definition) is 4. The van der Waals surface area contributed by atoms with Gasteiger partial charge in [-0.05, 0) is 12.5 Å². The highest BCUT2D eigenvalue weighted by atomic mass is 35.5. The number of nitro groups is 1. The van der Waals surface area contributed by atoms with Crippen molar-refractivity contribution in [2.75, 3.05) is 6.61 Å². The summed E-state index contributed by atoms with van der Waals surface area (Å²) in [6.45, 7) is -0.237. The minimum atomic E-state index is -0.844. The third-order valence-corrected chi connectivity index (χ3v) is 3.32. The van der Waals surface area contributed by atoms with Crippen LogP contribution in [0.25, 0.3) is 0 Å². The molecule has 0 spiro atoms. The first-order valence-corrected chi connectivity index (χ1v) is 6.44. The number of hydrogen-bond acceptors (Lipinski definition) is 6. The number of nitrogens with one attached hydrogen (secondary N) is 1. The maximum Gasteiger partial charge on any atom is 0.314 e. The van der Waals surface area contributed by atoms with Crippen LogP contribution < -0.4 is 5.43 Å². The number of aromatic hydroxyl groups is 2. The van der Waals surface area contributed by atoms with Crippen LogP contribution in [-0.4, -0.2) is 31.8 Å². The van der Waals surface area contributed by atoms with Crippen molar-refractivity contribution in [3.05, 3.63) is 62.1 Å². The second-order valence-corrected chi connectivity index (χ2v) is 4.67. The van der Waals surface area contributed by atoms with E-state index in [1.807, 2.05) is 0 Å². The first-order chi connectivity index (χ1) is 10.5. The Bertz CT molecular complexity index is 761. The van der Waals surface area contributed by atoms with Crippen molar-refractivity contribution >= 4 is 18.1 Å². The topological polar surface area (TPSA) is 137 Å². The van der Waals surface area contributed by atoms with Gasteiger partial charge in [0.05, 0.1) is 4.92 Å². The molecule has 1 unspecified atom stereocenters. The predicted molar refractivity (Wildman–Crippen MR) is 84.3 cm³/mol. The largest absolute Gasteiger partial charge is 0.504 e. The molecule has 0 bridgehead atoms. The number of nitrogens with zero attached hydrogens (tertiary/aromatic N) is 1. The lowest BCUT2D eigenvalue weighted by Crippen LogP contribution is -2.10. The van der Waals surface area contributed by atoms with Crippen LogP contribution in [0.4, 0.5) is 5.69 Å². The number of aliphatic hydroxyl groups is 1. The van der Waals surface area contributed by atoms with E-state index in [-0.39, 0.29) is 36.4 Å². The van der Waals surface area contributed by atoms with Crippen molar-refractivity contribution in [1.82, 2.24) is 4.98 Å². The van der Waals surface area contributed by atoms with E-state index in [1.165, 1.54) is 24.4 Å². The Kier molecular flexibility index (Phi) is 6.11. The smallest absolute Gasteiger partial charge is 0.314 e. The third-order valence-electron chi connectivity index (χ3n) is 3.32. The molecule has 2 aromatic rings. The number of phenolic OH excluding ortho intramolecular Hbond substituents is 2. The van der Waals surface area contributed by atoms with Crippen LogP contribution in [0.15, 0.2) is 35.3 Å². The molecule has 0 amide bonds. The molecule has 1 aromatic carbocycles. The van der Waals surface area contributed by atoms with Crippen molar-refractivity contribution in [2.45, 2.75) is 12.3 Å². The Morgan fingerprint density at radius 3 is 2.48 bits per heavy atom. The molecule has 0 radical (unpaired) electrons. The number of aromatic amines is 1. The normalized spacial score (nSPS) is 11.5. The van der Waals surface area contributed by atoms with Gasteiger partial charge in [0.15, 0.2) is 11.2 Å². The van der Waals surface area contributed by atoms with Crippen LogP contribution in [0.5, 0.6) is 11.5 Å². The highest BCUT2D eigenvalue weighted by Crippen LogP contribution is 2.42. The number of phenols is 2. The molecule has 4 N–H and O–H groups in total. The predicted octanol–water partition coefficient (Wildman–Crippen LogP) is 1.63. The number of aromatic nitrogens is 1. The van der Waals surface area contributed by atoms with Crippen molar-refractivity contribution in [1.29, 1.82) is 0 Å². The summed E-state index contributed by atoms with van der Waals surface area (Å²) in [4.78, 5) is 24.2. The van der Waals surface area contributed by atoms with Crippen LogP contribution in [0.1, 0.15) is 23.6 Å². The molecule has 1 heterocycles. The van der Waals surface area contributed by atoms with Crippen molar-refractivity contribution in [3.8, 4) is 11.5 Å². The lowest BCUT2D eigenvalue weighted by molar-refractivity contribution is -0.386. The van der Waals surface area contributed by atoms with Crippen LogP contribution in [-0.2, 0) is 0 Å². The van der Waals surface area contributed by atoms with Gasteiger partial charge in [-0.3, -0.25) is 14.9 Å². The first kappa shape index (κ1) is 18.5. The van der Waals surface area contributed by atoms with E-state index in [4.69, 9.17) is 0 Å². The molecule has 0 saturated heterocycles. The summed E-state index contributed by atoms with van der Waals surface area (Å²) in [6.07, 6.45) is 1.58. The lowest BCUT2D eigenvalue weighted by Gasteiger charge is -2.18. The zero-order chi connectivity index (χ0) is 16.3. The van der Waals surface area contributed by atoms with Gasteiger partial charge in [0, 0.05) is 48.2 Å². The number of nitro benzene ring substituents is 1. The van der Waals surface area contributed by atoms with E-state index >= 15 is 0 Å². The fraction of sp³-hybridized carbons (Fsp3) is 0.214. The van der Waals surface area contributed by atoms with Gasteiger partial charge < -0.3 is 20.3 Å². The van der Waals surface area contributed by atoms with E-state index < -0.39 is 28.0 Å². The monoisotopic (exact) mass is 342 g/mol. The molecule has 9 heteroatoms. The highest BCUT2D eigenvalue weighted by Gasteiger charge is 2.25. The van der Waals surface area contributed by atoms with Crippen LogP contribution in [0.2, 0.25) is 0 Å². The maximum atomic E-state index is 11.4. The number of H-pyrrole nitrogens is 1. The summed E-state index contributed by atoms with van der Waals surface area (Å²) < 4.78 is 0. The minimum Gasteiger partial charge on any atom is -0.504 e. The van der Waals surface area contributed by atoms with Gasteiger partial charge >= 0.3 is 5.69 Å². The van der Waals surface area contributed by atoms with Gasteiger partial charge in [-0.25, -0.2) is 0 Å². The molecule has 1 atom stereocenters. The van der Waals surface area contributed by atoms with Gasteiger partial charge in [-0.1, -0.05) is 0 Å². The molecule has 124 valence electrons. The Morgan fingerprint density at radius 1 is 1.22 bits per heavy atom. The number of rotatable bonds is 5. The lowest BCUT2D eigenvalue weighted by atomic mass is 9.91. The quantitative estimate of drug-likeness (QED) is 0.370. The molecule has 0 saturated carbocycles. The molecular formula is C14H15ClN2O6. The second kappa shape index (κ2) is 7.61. The molecule has 0 aliphatic rings. The zero-order valence-electron chi connectivity index (χ0n) is 11.8. The Labute approximate surface area is 136 Å². The van der Waals surface area contributed by atoms with Crippen molar-refractivity contribution in [3.63, 3.8) is 0 Å². The Balaban J connectivity index is 0.00000264. The standard InChI is InChI=1S/C14H14N2O6.ClH/c17-6-4-9(11-7-8(18)3-5-15-11)10-1-2-12(16(21)22)14(20)13(10)19;/h1-3,5,7,9,17,19-20H,4,6H2,(H,15,18);1H. The molecular weight excluding hydrogens is 328 g/mol. The molecule has 23 heavy (non-hydrogen) atoms. The van der Waals surface area contributed by atoms with E-state index in [0.29, 0.717) is 5.69 Å². The van der Waals surface area contributed by atoms with Gasteiger partial charge in [0.1, 0.15) is 0 Å². The van der Waals surface area contributed by atoms with Crippen molar-refractivity contribution in [2.24, 2.45) is 0 Å². The number of pyridine rings is 1. The molecule has 0 fully saturated rings. The van der Waals surface area contributed by atoms with Crippen LogP contribution in [0.3, 0.4) is 0 Å². The second-order valence-electron chi connectivity index (χ2n) is 4.67. The van der Waals surface area contributed by atoms with E-state index in [1.54, 1.807) is 0 Å². The summed E-state index contributed by atoms with van der Waals surface area (Å²) in [6, 6.07) is 4.97. The first-order valence-electron chi connectivity index (χ1n) is 6.44. The summed E-state index contributed by atoms with van der Waals surface area (Å²) in [5.41, 5.74) is -0.281. The van der Waals surface area contributed by atoms with Crippen LogP contribution in [0, 0.1) is 10.1 Å². The summed E-state index contributed by atoms with van der Waals surface area (Å²) in [5, 5.41) is 39.7. The Hall–Kier alpha value is -2.58. The van der Waals surface area contributed by atoms with E-state index in [2.05, 4.69) is 4.98 Å². The molecule has 1 aromatic heterocycles. The number of halogens is 1. The molecule has 2 rings (SSSR count). The van der Waals surface area contributed by atoms with Gasteiger partial charge in [0.2, 0.25) is 5.75 Å². The van der Waals surface area contributed by atoms with Gasteiger partial charge in [0.25, 0.3) is 0 Å². The number of benzene rings is 1. The fourth-order valence-electron chi connectivity index (χ4n) is 2.29. The van der Waals surface area contributed by atoms with Crippen molar-refractivity contribution < 1.29 is 20.2 Å². The molecule has 0 aliphatic heterocycles. The SMILES string of the molecule is Cl.O=c1cc[nH]c(C(CCO)c2ccc([N+](=O)[O-])c(O)c2O)c1.